The lowest BCUT2D eigenvalue weighted by Gasteiger charge is -2.25. The summed E-state index contributed by atoms with van der Waals surface area (Å²) in [6.45, 7) is 2.32. The van der Waals surface area contributed by atoms with Crippen LogP contribution in [-0.4, -0.2) is 51.2 Å². The van der Waals surface area contributed by atoms with Gasteiger partial charge in [-0.3, -0.25) is 4.79 Å². The third-order valence-corrected chi connectivity index (χ3v) is 4.75. The second kappa shape index (κ2) is 9.63. The highest BCUT2D eigenvalue weighted by molar-refractivity contribution is 7.98. The summed E-state index contributed by atoms with van der Waals surface area (Å²) in [6, 6.07) is 4.13. The molecule has 0 aliphatic rings. The van der Waals surface area contributed by atoms with Gasteiger partial charge < -0.3 is 19.2 Å². The maximum Gasteiger partial charge on any atom is 0.422 e. The highest BCUT2D eigenvalue weighted by Crippen LogP contribution is 2.31. The number of hydrogen-bond donors (Lipinski definition) is 1. The van der Waals surface area contributed by atoms with Crippen molar-refractivity contribution in [3.63, 3.8) is 0 Å². The first-order chi connectivity index (χ1) is 15.1. The van der Waals surface area contributed by atoms with Gasteiger partial charge in [-0.2, -0.15) is 29.9 Å². The zero-order valence-corrected chi connectivity index (χ0v) is 18.3. The summed E-state index contributed by atoms with van der Waals surface area (Å²) < 4.78 is 53.1. The Labute approximate surface area is 185 Å². The molecule has 0 aliphatic carbocycles. The minimum atomic E-state index is -4.51. The van der Waals surface area contributed by atoms with E-state index in [9.17, 15) is 18.0 Å². The number of nitrogens with one attached hydrogen (secondary N) is 1. The fourth-order valence-corrected chi connectivity index (χ4v) is 3.28. The van der Waals surface area contributed by atoms with Gasteiger partial charge in [0.25, 0.3) is 11.8 Å². The van der Waals surface area contributed by atoms with E-state index < -0.39 is 24.2 Å². The normalized spacial score (nSPS) is 12.1. The topological polar surface area (TPSA) is 99.4 Å². The summed E-state index contributed by atoms with van der Waals surface area (Å²) in [4.78, 5) is 24.6. The van der Waals surface area contributed by atoms with Crippen LogP contribution in [0.3, 0.4) is 0 Å². The molecule has 0 saturated carbocycles. The van der Waals surface area contributed by atoms with Gasteiger partial charge in [0.15, 0.2) is 29.3 Å². The molecule has 0 fully saturated rings. The number of carbonyl (C=O) groups excluding carboxylic acids is 1. The molecule has 172 valence electrons. The van der Waals surface area contributed by atoms with Crippen molar-refractivity contribution in [2.45, 2.75) is 32.0 Å². The fraction of sp³-hybridized carbons (Fsp3) is 0.400. The lowest BCUT2D eigenvalue weighted by atomic mass is 10.0. The molecule has 0 unspecified atom stereocenters. The molecular formula is C20H21F3N4O4S. The molecule has 0 bridgehead atoms. The molecule has 3 heterocycles. The van der Waals surface area contributed by atoms with Gasteiger partial charge in [0.1, 0.15) is 0 Å². The summed E-state index contributed by atoms with van der Waals surface area (Å²) >= 11 is 1.68. The minimum absolute atomic E-state index is 0.122. The molecule has 3 aromatic heterocycles. The minimum Gasteiger partial charge on any atom is -0.478 e. The van der Waals surface area contributed by atoms with Crippen molar-refractivity contribution < 1.29 is 31.9 Å². The number of pyridine rings is 2. The van der Waals surface area contributed by atoms with Crippen molar-refractivity contribution in [1.82, 2.24) is 20.3 Å². The smallest absolute Gasteiger partial charge is 0.422 e. The summed E-state index contributed by atoms with van der Waals surface area (Å²) in [5.74, 6) is 0.00105. The van der Waals surface area contributed by atoms with Crippen molar-refractivity contribution in [1.29, 1.82) is 0 Å². The maximum atomic E-state index is 12.5. The molecule has 3 rings (SSSR count). The molecule has 0 saturated heterocycles. The van der Waals surface area contributed by atoms with E-state index in [1.807, 2.05) is 20.1 Å². The second-order valence-corrected chi connectivity index (χ2v) is 8.39. The summed E-state index contributed by atoms with van der Waals surface area (Å²) in [7, 11) is 0. The van der Waals surface area contributed by atoms with Crippen LogP contribution in [0, 0.1) is 0 Å². The van der Waals surface area contributed by atoms with E-state index in [1.165, 1.54) is 30.6 Å². The molecule has 8 nitrogen and oxygen atoms in total. The molecule has 0 radical (unpaired) electrons. The fourth-order valence-electron chi connectivity index (χ4n) is 2.57. The van der Waals surface area contributed by atoms with Crippen LogP contribution in [0.4, 0.5) is 13.2 Å². The number of aromatic nitrogens is 3. The first-order valence-electron chi connectivity index (χ1n) is 9.47. The predicted octanol–water partition coefficient (Wildman–Crippen LogP) is 4.61. The third kappa shape index (κ3) is 6.49. The Morgan fingerprint density at radius 1 is 1.28 bits per heavy atom. The highest BCUT2D eigenvalue weighted by Gasteiger charge is 2.29. The molecular weight excluding hydrogens is 449 g/mol. The number of alkyl halides is 3. The largest absolute Gasteiger partial charge is 0.478 e. The molecule has 1 amide bonds. The number of halogens is 3. The van der Waals surface area contributed by atoms with Crippen LogP contribution in [0.25, 0.3) is 11.2 Å². The number of nitrogens with zero attached hydrogens (tertiary/aromatic N) is 3. The van der Waals surface area contributed by atoms with Crippen LogP contribution < -0.4 is 14.8 Å². The molecule has 0 aromatic carbocycles. The van der Waals surface area contributed by atoms with E-state index in [0.29, 0.717) is 0 Å². The van der Waals surface area contributed by atoms with Crippen molar-refractivity contribution in [3.05, 3.63) is 36.5 Å². The second-order valence-electron chi connectivity index (χ2n) is 7.41. The summed E-state index contributed by atoms with van der Waals surface area (Å²) in [6.07, 6.45) is 0.877. The lowest BCUT2D eigenvalue weighted by molar-refractivity contribution is -0.153. The van der Waals surface area contributed by atoms with E-state index in [0.717, 1.165) is 12.2 Å². The quantitative estimate of drug-likeness (QED) is 0.484. The lowest BCUT2D eigenvalue weighted by Crippen LogP contribution is -2.43. The van der Waals surface area contributed by atoms with Gasteiger partial charge in [-0.15, -0.1) is 0 Å². The van der Waals surface area contributed by atoms with E-state index in [4.69, 9.17) is 13.9 Å². The van der Waals surface area contributed by atoms with Crippen LogP contribution in [-0.2, 0) is 0 Å². The molecule has 0 aliphatic heterocycles. The van der Waals surface area contributed by atoms with Crippen LogP contribution in [0.1, 0.15) is 31.0 Å². The van der Waals surface area contributed by atoms with Crippen molar-refractivity contribution in [3.8, 4) is 17.4 Å². The van der Waals surface area contributed by atoms with E-state index >= 15 is 0 Å². The van der Waals surface area contributed by atoms with Crippen LogP contribution in [0.15, 0.2) is 35.0 Å². The highest BCUT2D eigenvalue weighted by atomic mass is 32.2. The average molecular weight is 470 g/mol. The van der Waals surface area contributed by atoms with E-state index in [1.54, 1.807) is 11.8 Å². The summed E-state index contributed by atoms with van der Waals surface area (Å²) in [5, 5.41) is 2.87. The Hall–Kier alpha value is -3.02. The zero-order valence-electron chi connectivity index (χ0n) is 17.5. The Morgan fingerprint density at radius 2 is 2.06 bits per heavy atom. The van der Waals surface area contributed by atoms with Gasteiger partial charge in [0, 0.05) is 17.8 Å². The molecule has 3 aromatic rings. The SMILES string of the molecule is CSCCC(C)(C)NC(=O)c1nc2ncc(Oc3ncccc3OCC(F)(F)F)cc2o1. The van der Waals surface area contributed by atoms with E-state index in [-0.39, 0.29) is 34.5 Å². The number of fused-ring (bicyclic) bond motifs is 1. The Morgan fingerprint density at radius 3 is 2.78 bits per heavy atom. The first-order valence-corrected chi connectivity index (χ1v) is 10.9. The van der Waals surface area contributed by atoms with Crippen molar-refractivity contribution in [2.75, 3.05) is 18.6 Å². The molecule has 32 heavy (non-hydrogen) atoms. The van der Waals surface area contributed by atoms with Gasteiger partial charge in [-0.25, -0.2) is 9.97 Å². The van der Waals surface area contributed by atoms with Gasteiger partial charge in [0.2, 0.25) is 0 Å². The number of thioether (sulfide) groups is 1. The average Bonchev–Trinajstić information content (AvgIpc) is 3.14. The standard InChI is InChI=1S/C20H21F3N4O4S/c1-19(2,6-8-32-3)27-16(28)18-26-15-14(31-18)9-12(10-25-15)30-17-13(5-4-7-24-17)29-11-20(21,22)23/h4-5,7,9-10H,6,8,11H2,1-3H3,(H,27,28). The monoisotopic (exact) mass is 470 g/mol. The Bertz CT molecular complexity index is 1090. The number of oxazole rings is 1. The predicted molar refractivity (Wildman–Crippen MR) is 112 cm³/mol. The van der Waals surface area contributed by atoms with Gasteiger partial charge in [0.05, 0.1) is 6.20 Å². The molecule has 12 heteroatoms. The first kappa shape index (κ1) is 23.6. The Balaban J connectivity index is 1.75. The number of rotatable bonds is 9. The van der Waals surface area contributed by atoms with Gasteiger partial charge in [-0.1, -0.05) is 0 Å². The van der Waals surface area contributed by atoms with Crippen molar-refractivity contribution in [2.24, 2.45) is 0 Å². The number of hydrogen-bond acceptors (Lipinski definition) is 8. The van der Waals surface area contributed by atoms with Crippen LogP contribution in [0.2, 0.25) is 0 Å². The number of ether oxygens (including phenoxy) is 2. The number of carbonyl (C=O) groups is 1. The number of amides is 1. The van der Waals surface area contributed by atoms with Gasteiger partial charge >= 0.3 is 12.1 Å². The third-order valence-electron chi connectivity index (χ3n) is 4.14. The molecule has 0 spiro atoms. The van der Waals surface area contributed by atoms with Gasteiger partial charge in [-0.05, 0) is 44.4 Å². The summed E-state index contributed by atoms with van der Waals surface area (Å²) in [5.41, 5.74) is -0.101. The Kier molecular flexibility index (Phi) is 7.12. The maximum absolute atomic E-state index is 12.5. The molecule has 0 atom stereocenters. The van der Waals surface area contributed by atoms with E-state index in [2.05, 4.69) is 20.3 Å². The van der Waals surface area contributed by atoms with Crippen LogP contribution >= 0.6 is 11.8 Å². The zero-order chi connectivity index (χ0) is 23.4. The van der Waals surface area contributed by atoms with Crippen molar-refractivity contribution >= 4 is 28.9 Å². The van der Waals surface area contributed by atoms with Crippen LogP contribution in [0.5, 0.6) is 17.4 Å². The molecule has 1 N–H and O–H groups in total.